The number of likely N-dealkylation sites (N-methyl/N-ethyl adjacent to an activating group) is 1. The van der Waals surface area contributed by atoms with Crippen molar-refractivity contribution >= 4 is 49.2 Å². The Morgan fingerprint density at radius 3 is 2.47 bits per heavy atom. The number of nitrogens with one attached hydrogen (secondary N) is 2. The second-order valence-corrected chi connectivity index (χ2v) is 6.60. The van der Waals surface area contributed by atoms with Gasteiger partial charge >= 0.3 is 0 Å². The van der Waals surface area contributed by atoms with Crippen molar-refractivity contribution in [3.05, 3.63) is 26.7 Å². The molecule has 96 valence electrons. The van der Waals surface area contributed by atoms with Gasteiger partial charge in [-0.1, -0.05) is 23.2 Å². The number of halogens is 3. The molecule has 0 unspecified atom stereocenters. The van der Waals surface area contributed by atoms with Crippen LogP contribution in [0.3, 0.4) is 0 Å². The maximum absolute atomic E-state index is 11.9. The molecule has 0 aliphatic rings. The Morgan fingerprint density at radius 1 is 1.24 bits per heavy atom. The molecule has 0 saturated heterocycles. The van der Waals surface area contributed by atoms with Crippen LogP contribution >= 0.6 is 39.1 Å². The van der Waals surface area contributed by atoms with Gasteiger partial charge in [-0.3, -0.25) is 0 Å². The molecular weight excluding hydrogens is 351 g/mol. The topological polar surface area (TPSA) is 58.2 Å². The van der Waals surface area contributed by atoms with E-state index in [1.54, 1.807) is 7.05 Å². The normalized spacial score (nSPS) is 11.8. The fourth-order valence-electron chi connectivity index (χ4n) is 1.10. The van der Waals surface area contributed by atoms with Crippen LogP contribution in [0.25, 0.3) is 0 Å². The summed E-state index contributed by atoms with van der Waals surface area (Å²) in [5.41, 5.74) is 0. The maximum Gasteiger partial charge on any atom is 0.242 e. The highest BCUT2D eigenvalue weighted by molar-refractivity contribution is 9.10. The van der Waals surface area contributed by atoms with E-state index in [2.05, 4.69) is 26.0 Å². The maximum atomic E-state index is 11.9. The molecule has 8 heteroatoms. The van der Waals surface area contributed by atoms with E-state index in [1.807, 2.05) is 0 Å². The summed E-state index contributed by atoms with van der Waals surface area (Å²) in [5, 5.41) is 3.29. The zero-order valence-electron chi connectivity index (χ0n) is 8.93. The predicted octanol–water partition coefficient (Wildman–Crippen LogP) is 2.25. The Labute approximate surface area is 119 Å². The highest BCUT2D eigenvalue weighted by Crippen LogP contribution is 2.31. The van der Waals surface area contributed by atoms with Crippen LogP contribution < -0.4 is 10.0 Å². The monoisotopic (exact) mass is 360 g/mol. The quantitative estimate of drug-likeness (QED) is 0.624. The molecule has 0 amide bonds. The minimum Gasteiger partial charge on any atom is -0.318 e. The number of sulfonamides is 1. The lowest BCUT2D eigenvalue weighted by Gasteiger charge is -2.09. The van der Waals surface area contributed by atoms with Gasteiger partial charge in [-0.25, -0.2) is 13.1 Å². The van der Waals surface area contributed by atoms with Gasteiger partial charge in [-0.15, -0.1) is 0 Å². The van der Waals surface area contributed by atoms with Crippen LogP contribution in [0, 0.1) is 0 Å². The van der Waals surface area contributed by atoms with Crippen molar-refractivity contribution < 1.29 is 8.42 Å². The van der Waals surface area contributed by atoms with Gasteiger partial charge < -0.3 is 5.32 Å². The lowest BCUT2D eigenvalue weighted by atomic mass is 10.4. The summed E-state index contributed by atoms with van der Waals surface area (Å²) in [6.45, 7) is 0.820. The minimum absolute atomic E-state index is 0.00606. The number of hydrogen-bond donors (Lipinski definition) is 2. The first-order valence-electron chi connectivity index (χ1n) is 4.67. The van der Waals surface area contributed by atoms with E-state index >= 15 is 0 Å². The predicted molar refractivity (Wildman–Crippen MR) is 73.3 cm³/mol. The average Bonchev–Trinajstić information content (AvgIpc) is 2.23. The largest absolute Gasteiger partial charge is 0.318 e. The highest BCUT2D eigenvalue weighted by Gasteiger charge is 2.19. The summed E-state index contributed by atoms with van der Waals surface area (Å²) in [7, 11) is -1.88. The van der Waals surface area contributed by atoms with Crippen molar-refractivity contribution in [1.29, 1.82) is 0 Å². The molecule has 0 radical (unpaired) electrons. The van der Waals surface area contributed by atoms with E-state index in [0.717, 1.165) is 0 Å². The van der Waals surface area contributed by atoms with Crippen molar-refractivity contribution in [1.82, 2.24) is 10.0 Å². The van der Waals surface area contributed by atoms with Gasteiger partial charge in [0.2, 0.25) is 10.0 Å². The van der Waals surface area contributed by atoms with Crippen LogP contribution in [-0.4, -0.2) is 28.6 Å². The van der Waals surface area contributed by atoms with E-state index in [9.17, 15) is 8.42 Å². The Morgan fingerprint density at radius 2 is 1.88 bits per heavy atom. The molecule has 0 aliphatic heterocycles. The first-order chi connectivity index (χ1) is 7.88. The molecule has 0 aliphatic carbocycles. The van der Waals surface area contributed by atoms with Gasteiger partial charge in [0.25, 0.3) is 0 Å². The summed E-state index contributed by atoms with van der Waals surface area (Å²) in [5.74, 6) is 0. The molecule has 0 spiro atoms. The Bertz CT molecular complexity index is 508. The fourth-order valence-corrected chi connectivity index (χ4v) is 3.40. The summed E-state index contributed by atoms with van der Waals surface area (Å²) in [6.07, 6.45) is 0. The molecule has 0 atom stereocenters. The first kappa shape index (κ1) is 15.2. The Hall–Kier alpha value is 0.150. The highest BCUT2D eigenvalue weighted by atomic mass is 79.9. The van der Waals surface area contributed by atoms with Gasteiger partial charge in [0.05, 0.1) is 10.0 Å². The molecule has 0 bridgehead atoms. The van der Waals surface area contributed by atoms with Gasteiger partial charge in [0.1, 0.15) is 4.90 Å². The molecule has 0 aromatic heterocycles. The molecule has 1 rings (SSSR count). The summed E-state index contributed by atoms with van der Waals surface area (Å²) >= 11 is 14.8. The van der Waals surface area contributed by atoms with Gasteiger partial charge in [-0.05, 0) is 35.1 Å². The van der Waals surface area contributed by atoms with Gasteiger partial charge in [0, 0.05) is 17.6 Å². The van der Waals surface area contributed by atoms with Crippen LogP contribution in [-0.2, 0) is 10.0 Å². The Kier molecular flexibility index (Phi) is 5.69. The molecular formula is C9H11BrCl2N2O2S. The summed E-state index contributed by atoms with van der Waals surface area (Å²) in [4.78, 5) is 0.00606. The SMILES string of the molecule is CNCCNS(=O)(=O)c1cc(Br)c(Cl)cc1Cl. The molecule has 1 aromatic carbocycles. The summed E-state index contributed by atoms with van der Waals surface area (Å²) < 4.78 is 26.7. The van der Waals surface area contributed by atoms with Gasteiger partial charge in [0.15, 0.2) is 0 Å². The molecule has 17 heavy (non-hydrogen) atoms. The van der Waals surface area contributed by atoms with Crippen molar-refractivity contribution in [3.8, 4) is 0 Å². The third kappa shape index (κ3) is 4.08. The number of rotatable bonds is 5. The third-order valence-electron chi connectivity index (χ3n) is 1.93. The van der Waals surface area contributed by atoms with Gasteiger partial charge in [-0.2, -0.15) is 0 Å². The average molecular weight is 362 g/mol. The zero-order valence-corrected chi connectivity index (χ0v) is 12.8. The zero-order chi connectivity index (χ0) is 13.1. The second kappa shape index (κ2) is 6.36. The Balaban J connectivity index is 3.03. The molecule has 4 nitrogen and oxygen atoms in total. The van der Waals surface area contributed by atoms with Crippen molar-refractivity contribution in [2.45, 2.75) is 4.90 Å². The van der Waals surface area contributed by atoms with Crippen LogP contribution in [0.2, 0.25) is 10.0 Å². The van der Waals surface area contributed by atoms with Crippen LogP contribution in [0.1, 0.15) is 0 Å². The van der Waals surface area contributed by atoms with Crippen molar-refractivity contribution in [2.75, 3.05) is 20.1 Å². The van der Waals surface area contributed by atoms with E-state index in [-0.39, 0.29) is 16.5 Å². The van der Waals surface area contributed by atoms with E-state index in [0.29, 0.717) is 16.0 Å². The first-order valence-corrected chi connectivity index (χ1v) is 7.70. The van der Waals surface area contributed by atoms with E-state index in [1.165, 1.54) is 12.1 Å². The third-order valence-corrected chi connectivity index (χ3v) is 5.05. The van der Waals surface area contributed by atoms with E-state index < -0.39 is 10.0 Å². The molecule has 0 heterocycles. The second-order valence-electron chi connectivity index (χ2n) is 3.20. The standard InChI is InChI=1S/C9H11BrCl2N2O2S/c1-13-2-3-14-17(15,16)9-4-6(10)7(11)5-8(9)12/h4-5,13-14H,2-3H2,1H3. The molecule has 0 fully saturated rings. The smallest absolute Gasteiger partial charge is 0.242 e. The van der Waals surface area contributed by atoms with Crippen LogP contribution in [0.15, 0.2) is 21.5 Å². The minimum atomic E-state index is -3.61. The summed E-state index contributed by atoms with van der Waals surface area (Å²) in [6, 6.07) is 2.77. The van der Waals surface area contributed by atoms with Crippen molar-refractivity contribution in [3.63, 3.8) is 0 Å². The van der Waals surface area contributed by atoms with E-state index in [4.69, 9.17) is 23.2 Å². The number of hydrogen-bond acceptors (Lipinski definition) is 3. The lowest BCUT2D eigenvalue weighted by molar-refractivity contribution is 0.579. The van der Waals surface area contributed by atoms with Crippen LogP contribution in [0.4, 0.5) is 0 Å². The molecule has 0 saturated carbocycles. The number of benzene rings is 1. The molecule has 1 aromatic rings. The van der Waals surface area contributed by atoms with Crippen molar-refractivity contribution in [2.24, 2.45) is 0 Å². The lowest BCUT2D eigenvalue weighted by Crippen LogP contribution is -2.30. The molecule has 2 N–H and O–H groups in total. The fraction of sp³-hybridized carbons (Fsp3) is 0.333. The van der Waals surface area contributed by atoms with Crippen LogP contribution in [0.5, 0.6) is 0 Å².